The Hall–Kier alpha value is -0.410. The van der Waals surface area contributed by atoms with Gasteiger partial charge in [-0.25, -0.2) is 4.98 Å². The zero-order valence-electron chi connectivity index (χ0n) is 8.19. The molecule has 0 aliphatic carbocycles. The van der Waals surface area contributed by atoms with Crippen LogP contribution in [0.2, 0.25) is 0 Å². The Morgan fingerprint density at radius 3 is 2.38 bits per heavy atom. The summed E-state index contributed by atoms with van der Waals surface area (Å²) in [6.45, 7) is 6.18. The Labute approximate surface area is 87.1 Å². The minimum atomic E-state index is 0.0483. The van der Waals surface area contributed by atoms with E-state index in [9.17, 15) is 0 Å². The predicted octanol–water partition coefficient (Wildman–Crippen LogP) is 2.52. The predicted molar refractivity (Wildman–Crippen MR) is 56.7 cm³/mol. The molecular formula is C10H14BrNO. The largest absolute Gasteiger partial charge is 0.392 e. The SMILES string of the molecule is CCc1c(C)nc(Br)c(CO)c1C. The van der Waals surface area contributed by atoms with Crippen molar-refractivity contribution in [1.29, 1.82) is 0 Å². The molecule has 1 rings (SSSR count). The first-order chi connectivity index (χ1) is 6.11. The molecule has 0 amide bonds. The van der Waals surface area contributed by atoms with Crippen molar-refractivity contribution in [1.82, 2.24) is 4.98 Å². The van der Waals surface area contributed by atoms with Gasteiger partial charge < -0.3 is 5.11 Å². The van der Waals surface area contributed by atoms with E-state index in [0.717, 1.165) is 27.8 Å². The average molecular weight is 244 g/mol. The summed E-state index contributed by atoms with van der Waals surface area (Å²) in [5.41, 5.74) is 4.35. The van der Waals surface area contributed by atoms with E-state index in [1.54, 1.807) is 0 Å². The van der Waals surface area contributed by atoms with Crippen LogP contribution < -0.4 is 0 Å². The maximum atomic E-state index is 9.14. The van der Waals surface area contributed by atoms with Gasteiger partial charge in [0.1, 0.15) is 4.60 Å². The van der Waals surface area contributed by atoms with Gasteiger partial charge in [0.2, 0.25) is 0 Å². The molecule has 13 heavy (non-hydrogen) atoms. The molecule has 2 nitrogen and oxygen atoms in total. The lowest BCUT2D eigenvalue weighted by atomic mass is 10.0. The van der Waals surface area contributed by atoms with Gasteiger partial charge >= 0.3 is 0 Å². The number of aryl methyl sites for hydroxylation is 1. The topological polar surface area (TPSA) is 33.1 Å². The van der Waals surface area contributed by atoms with Crippen LogP contribution in [-0.4, -0.2) is 10.1 Å². The lowest BCUT2D eigenvalue weighted by Gasteiger charge is -2.12. The van der Waals surface area contributed by atoms with Crippen LogP contribution in [0.1, 0.15) is 29.3 Å². The Morgan fingerprint density at radius 2 is 1.92 bits per heavy atom. The van der Waals surface area contributed by atoms with E-state index in [-0.39, 0.29) is 6.61 Å². The Balaban J connectivity index is 3.39. The number of halogens is 1. The fourth-order valence-electron chi connectivity index (χ4n) is 1.60. The van der Waals surface area contributed by atoms with Gasteiger partial charge in [-0.3, -0.25) is 0 Å². The fourth-order valence-corrected chi connectivity index (χ4v) is 2.28. The molecule has 0 radical (unpaired) electrons. The highest BCUT2D eigenvalue weighted by Crippen LogP contribution is 2.23. The van der Waals surface area contributed by atoms with Crippen LogP contribution in [0, 0.1) is 13.8 Å². The second-order valence-electron chi connectivity index (χ2n) is 3.08. The molecule has 1 aromatic rings. The monoisotopic (exact) mass is 243 g/mol. The summed E-state index contributed by atoms with van der Waals surface area (Å²) in [5, 5.41) is 9.14. The third-order valence-corrected chi connectivity index (χ3v) is 3.02. The number of nitrogens with zero attached hydrogens (tertiary/aromatic N) is 1. The number of rotatable bonds is 2. The minimum Gasteiger partial charge on any atom is -0.392 e. The molecule has 1 heterocycles. The minimum absolute atomic E-state index is 0.0483. The molecule has 0 spiro atoms. The fraction of sp³-hybridized carbons (Fsp3) is 0.500. The summed E-state index contributed by atoms with van der Waals surface area (Å²) in [7, 11) is 0. The summed E-state index contributed by atoms with van der Waals surface area (Å²) in [4.78, 5) is 4.33. The first-order valence-corrected chi connectivity index (χ1v) is 5.16. The second-order valence-corrected chi connectivity index (χ2v) is 3.83. The standard InChI is InChI=1S/C10H14BrNO/c1-4-8-6(2)9(5-13)10(11)12-7(8)3/h13H,4-5H2,1-3H3. The van der Waals surface area contributed by atoms with Crippen LogP contribution in [0.25, 0.3) is 0 Å². The Bertz CT molecular complexity index is 295. The van der Waals surface area contributed by atoms with Gasteiger partial charge in [-0.05, 0) is 47.3 Å². The lowest BCUT2D eigenvalue weighted by molar-refractivity contribution is 0.279. The van der Waals surface area contributed by atoms with Gasteiger partial charge in [-0.1, -0.05) is 6.92 Å². The van der Waals surface area contributed by atoms with Crippen molar-refractivity contribution < 1.29 is 5.11 Å². The third kappa shape index (κ3) is 1.92. The van der Waals surface area contributed by atoms with Crippen LogP contribution in [-0.2, 0) is 13.0 Å². The maximum Gasteiger partial charge on any atom is 0.112 e. The number of hydrogen-bond donors (Lipinski definition) is 1. The molecule has 3 heteroatoms. The van der Waals surface area contributed by atoms with Gasteiger partial charge in [-0.2, -0.15) is 0 Å². The van der Waals surface area contributed by atoms with Crippen LogP contribution in [0.5, 0.6) is 0 Å². The van der Waals surface area contributed by atoms with Gasteiger partial charge in [0.15, 0.2) is 0 Å². The molecule has 1 aromatic heterocycles. The van der Waals surface area contributed by atoms with Crippen LogP contribution in [0.15, 0.2) is 4.60 Å². The number of aliphatic hydroxyl groups excluding tert-OH is 1. The highest BCUT2D eigenvalue weighted by atomic mass is 79.9. The number of pyridine rings is 1. The van der Waals surface area contributed by atoms with E-state index in [0.29, 0.717) is 0 Å². The van der Waals surface area contributed by atoms with Gasteiger partial charge in [0.25, 0.3) is 0 Å². The first-order valence-electron chi connectivity index (χ1n) is 4.37. The summed E-state index contributed by atoms with van der Waals surface area (Å²) in [6, 6.07) is 0. The molecule has 0 aromatic carbocycles. The Kier molecular flexibility index (Phi) is 3.45. The van der Waals surface area contributed by atoms with Crippen molar-refractivity contribution in [3.8, 4) is 0 Å². The summed E-state index contributed by atoms with van der Waals surface area (Å²) >= 11 is 3.35. The van der Waals surface area contributed by atoms with E-state index in [1.807, 2.05) is 13.8 Å². The quantitative estimate of drug-likeness (QED) is 0.811. The van der Waals surface area contributed by atoms with Gasteiger partial charge in [0, 0.05) is 11.3 Å². The molecule has 1 N–H and O–H groups in total. The van der Waals surface area contributed by atoms with Crippen molar-refractivity contribution >= 4 is 15.9 Å². The van der Waals surface area contributed by atoms with Crippen molar-refractivity contribution in [2.75, 3.05) is 0 Å². The molecule has 0 fully saturated rings. The average Bonchev–Trinajstić information content (AvgIpc) is 2.04. The Morgan fingerprint density at radius 1 is 1.31 bits per heavy atom. The van der Waals surface area contributed by atoms with E-state index in [1.165, 1.54) is 5.56 Å². The van der Waals surface area contributed by atoms with Gasteiger partial charge in [0.05, 0.1) is 6.61 Å². The zero-order chi connectivity index (χ0) is 10.0. The normalized spacial score (nSPS) is 10.5. The van der Waals surface area contributed by atoms with E-state index in [2.05, 4.69) is 27.8 Å². The maximum absolute atomic E-state index is 9.14. The summed E-state index contributed by atoms with van der Waals surface area (Å²) < 4.78 is 0.766. The highest BCUT2D eigenvalue weighted by Gasteiger charge is 2.10. The van der Waals surface area contributed by atoms with Gasteiger partial charge in [-0.15, -0.1) is 0 Å². The smallest absolute Gasteiger partial charge is 0.112 e. The zero-order valence-corrected chi connectivity index (χ0v) is 9.77. The molecule has 72 valence electrons. The lowest BCUT2D eigenvalue weighted by Crippen LogP contribution is -2.02. The van der Waals surface area contributed by atoms with E-state index >= 15 is 0 Å². The molecule has 0 saturated carbocycles. The third-order valence-electron chi connectivity index (χ3n) is 2.37. The number of hydrogen-bond acceptors (Lipinski definition) is 2. The van der Waals surface area contributed by atoms with Crippen LogP contribution >= 0.6 is 15.9 Å². The van der Waals surface area contributed by atoms with Crippen LogP contribution in [0.3, 0.4) is 0 Å². The molecule has 0 saturated heterocycles. The highest BCUT2D eigenvalue weighted by molar-refractivity contribution is 9.10. The van der Waals surface area contributed by atoms with E-state index in [4.69, 9.17) is 5.11 Å². The number of aliphatic hydroxyl groups is 1. The molecule has 0 unspecified atom stereocenters. The molecule has 0 aliphatic rings. The van der Waals surface area contributed by atoms with Crippen molar-refractivity contribution in [2.45, 2.75) is 33.8 Å². The van der Waals surface area contributed by atoms with Crippen molar-refractivity contribution in [3.05, 3.63) is 27.0 Å². The molecule has 0 bridgehead atoms. The molecule has 0 aliphatic heterocycles. The van der Waals surface area contributed by atoms with E-state index < -0.39 is 0 Å². The van der Waals surface area contributed by atoms with Crippen molar-refractivity contribution in [3.63, 3.8) is 0 Å². The first kappa shape index (κ1) is 10.7. The summed E-state index contributed by atoms with van der Waals surface area (Å²) in [5.74, 6) is 0. The van der Waals surface area contributed by atoms with Crippen LogP contribution in [0.4, 0.5) is 0 Å². The molecular weight excluding hydrogens is 230 g/mol. The number of aromatic nitrogens is 1. The summed E-state index contributed by atoms with van der Waals surface area (Å²) in [6.07, 6.45) is 0.963. The molecule has 0 atom stereocenters. The van der Waals surface area contributed by atoms with Crippen molar-refractivity contribution in [2.24, 2.45) is 0 Å². The second kappa shape index (κ2) is 4.20.